The Balaban J connectivity index is 1.66. The number of aromatic nitrogens is 1. The zero-order valence-corrected chi connectivity index (χ0v) is 26.6. The van der Waals surface area contributed by atoms with Crippen LogP contribution in [0.1, 0.15) is 49.9 Å². The molecule has 2 heterocycles. The lowest BCUT2D eigenvalue weighted by atomic mass is 10.0. The number of nitrogens with zero attached hydrogens (tertiary/aromatic N) is 2. The Hall–Kier alpha value is -5.52. The fourth-order valence-corrected chi connectivity index (χ4v) is 6.51. The van der Waals surface area contributed by atoms with E-state index < -0.39 is 17.7 Å². The highest BCUT2D eigenvalue weighted by atomic mass is 32.1. The number of esters is 2. The third-order valence-corrected chi connectivity index (χ3v) is 8.64. The molecule has 7 nitrogen and oxygen atoms in total. The van der Waals surface area contributed by atoms with Crippen molar-refractivity contribution in [3.8, 4) is 34.3 Å². The number of carbonyl (C=O) groups excluding carboxylic acids is 3. The van der Waals surface area contributed by atoms with Crippen LogP contribution in [0.5, 0.6) is 0 Å². The van der Waals surface area contributed by atoms with Crippen molar-refractivity contribution in [1.29, 1.82) is 5.26 Å². The molecule has 5 aromatic rings. The van der Waals surface area contributed by atoms with Gasteiger partial charge in [0.1, 0.15) is 10.9 Å². The van der Waals surface area contributed by atoms with Gasteiger partial charge in [0.15, 0.2) is 5.78 Å². The number of carbonyl (C=O) groups is 3. The summed E-state index contributed by atoms with van der Waals surface area (Å²) in [5, 5.41) is 10.3. The van der Waals surface area contributed by atoms with Gasteiger partial charge in [-0.25, -0.2) is 9.59 Å². The number of ether oxygens (including phenoxy) is 2. The topological polar surface area (TPSA) is 98.4 Å². The minimum absolute atomic E-state index is 0.0828. The molecule has 0 aliphatic heterocycles. The fourth-order valence-electron chi connectivity index (χ4n) is 5.33. The van der Waals surface area contributed by atoms with Gasteiger partial charge in [-0.2, -0.15) is 5.26 Å². The molecule has 0 fully saturated rings. The molecular formula is C38H32N2O5S. The minimum atomic E-state index is -0.629. The molecule has 0 bridgehead atoms. The van der Waals surface area contributed by atoms with Crippen LogP contribution in [-0.2, 0) is 20.7 Å². The zero-order chi connectivity index (χ0) is 32.6. The smallest absolute Gasteiger partial charge is 0.348 e. The second kappa shape index (κ2) is 14.5. The van der Waals surface area contributed by atoms with Crippen LogP contribution in [0.15, 0.2) is 103 Å². The summed E-state index contributed by atoms with van der Waals surface area (Å²) < 4.78 is 12.6. The van der Waals surface area contributed by atoms with E-state index in [-0.39, 0.29) is 35.6 Å². The van der Waals surface area contributed by atoms with Crippen molar-refractivity contribution in [3.05, 3.63) is 129 Å². The van der Waals surface area contributed by atoms with Crippen LogP contribution in [0, 0.1) is 18.3 Å². The molecule has 230 valence electrons. The standard InChI is InChI=1S/C38H32N2O5S/c1-4-44-37(42)34-25(3)36(38(43)45-5-2)46-33(34)23-32(41)29(24-39)21-28-22-31(26-15-9-6-10-16-26)40(30-19-13-8-14-20-30)35(28)27-17-11-7-12-18-27/h6-22H,4-5,23H2,1-3H3/b29-21+. The first-order valence-electron chi connectivity index (χ1n) is 14.9. The number of allylic oxidation sites excluding steroid dienone is 1. The summed E-state index contributed by atoms with van der Waals surface area (Å²) in [6.07, 6.45) is 1.34. The third-order valence-electron chi connectivity index (χ3n) is 7.36. The van der Waals surface area contributed by atoms with Gasteiger partial charge in [0.25, 0.3) is 0 Å². The van der Waals surface area contributed by atoms with E-state index in [9.17, 15) is 19.6 Å². The predicted octanol–water partition coefficient (Wildman–Crippen LogP) is 8.25. The maximum atomic E-state index is 13.8. The van der Waals surface area contributed by atoms with Gasteiger partial charge in [-0.15, -0.1) is 11.3 Å². The summed E-state index contributed by atoms with van der Waals surface area (Å²) in [6, 6.07) is 33.7. The number of Topliss-reactive ketones (excluding diaryl/α,β-unsaturated/α-hetero) is 1. The van der Waals surface area contributed by atoms with E-state index in [2.05, 4.69) is 10.6 Å². The molecule has 46 heavy (non-hydrogen) atoms. The van der Waals surface area contributed by atoms with Crippen LogP contribution in [-0.4, -0.2) is 35.5 Å². The van der Waals surface area contributed by atoms with E-state index in [4.69, 9.17) is 9.47 Å². The normalized spacial score (nSPS) is 11.1. The molecule has 2 aromatic heterocycles. The Labute approximate surface area is 272 Å². The lowest BCUT2D eigenvalue weighted by molar-refractivity contribution is -0.114. The van der Waals surface area contributed by atoms with E-state index in [1.807, 2.05) is 97.1 Å². The molecule has 0 atom stereocenters. The first-order valence-corrected chi connectivity index (χ1v) is 15.7. The van der Waals surface area contributed by atoms with Crippen LogP contribution in [0.25, 0.3) is 34.3 Å². The van der Waals surface area contributed by atoms with Crippen molar-refractivity contribution < 1.29 is 23.9 Å². The van der Waals surface area contributed by atoms with Crippen molar-refractivity contribution in [2.24, 2.45) is 0 Å². The predicted molar refractivity (Wildman–Crippen MR) is 180 cm³/mol. The summed E-state index contributed by atoms with van der Waals surface area (Å²) in [7, 11) is 0. The van der Waals surface area contributed by atoms with E-state index in [1.54, 1.807) is 26.8 Å². The van der Waals surface area contributed by atoms with E-state index in [0.717, 1.165) is 39.5 Å². The Kier molecular flexibility index (Phi) is 10.1. The third kappa shape index (κ3) is 6.60. The van der Waals surface area contributed by atoms with Crippen molar-refractivity contribution in [2.45, 2.75) is 27.2 Å². The maximum Gasteiger partial charge on any atom is 0.348 e. The number of thiophene rings is 1. The van der Waals surface area contributed by atoms with Gasteiger partial charge in [-0.05, 0) is 61.7 Å². The molecule has 8 heteroatoms. The number of hydrogen-bond donors (Lipinski definition) is 0. The Morgan fingerprint density at radius 3 is 1.98 bits per heavy atom. The first kappa shape index (κ1) is 31.9. The van der Waals surface area contributed by atoms with Gasteiger partial charge in [0.05, 0.1) is 35.7 Å². The summed E-state index contributed by atoms with van der Waals surface area (Å²) in [5.41, 5.74) is 5.64. The average Bonchev–Trinajstić information content (AvgIpc) is 3.62. The monoisotopic (exact) mass is 628 g/mol. The number of hydrogen-bond acceptors (Lipinski definition) is 7. The average molecular weight is 629 g/mol. The summed E-state index contributed by atoms with van der Waals surface area (Å²) in [4.78, 5) is 40.0. The molecule has 0 aliphatic carbocycles. The van der Waals surface area contributed by atoms with Crippen molar-refractivity contribution >= 4 is 35.1 Å². The fraction of sp³-hybridized carbons (Fsp3) is 0.158. The number of benzene rings is 3. The number of para-hydroxylation sites is 1. The lowest BCUT2D eigenvalue weighted by Gasteiger charge is -2.15. The van der Waals surface area contributed by atoms with Crippen molar-refractivity contribution in [3.63, 3.8) is 0 Å². The summed E-state index contributed by atoms with van der Waals surface area (Å²) >= 11 is 1.02. The number of ketones is 1. The van der Waals surface area contributed by atoms with Gasteiger partial charge in [-0.3, -0.25) is 4.79 Å². The van der Waals surface area contributed by atoms with E-state index in [1.165, 1.54) is 0 Å². The lowest BCUT2D eigenvalue weighted by Crippen LogP contribution is -2.12. The minimum Gasteiger partial charge on any atom is -0.462 e. The highest BCUT2D eigenvalue weighted by Crippen LogP contribution is 2.37. The first-order chi connectivity index (χ1) is 22.4. The summed E-state index contributed by atoms with van der Waals surface area (Å²) in [5.74, 6) is -1.69. The highest BCUT2D eigenvalue weighted by molar-refractivity contribution is 7.14. The molecule has 0 aliphatic rings. The zero-order valence-electron chi connectivity index (χ0n) is 25.8. The SMILES string of the molecule is CCOC(=O)c1sc(CC(=O)/C(C#N)=C/c2cc(-c3ccccc3)n(-c3ccccc3)c2-c2ccccc2)c(C(=O)OCC)c1C. The molecule has 3 aromatic carbocycles. The highest BCUT2D eigenvalue weighted by Gasteiger charge is 2.28. The molecule has 0 amide bonds. The molecule has 0 N–H and O–H groups in total. The van der Waals surface area contributed by atoms with Gasteiger partial charge in [-0.1, -0.05) is 78.9 Å². The summed E-state index contributed by atoms with van der Waals surface area (Å²) in [6.45, 7) is 5.30. The van der Waals surface area contributed by atoms with E-state index >= 15 is 0 Å². The largest absolute Gasteiger partial charge is 0.462 e. The number of rotatable bonds is 11. The van der Waals surface area contributed by atoms with Crippen LogP contribution < -0.4 is 0 Å². The molecule has 0 unspecified atom stereocenters. The second-order valence-corrected chi connectivity index (χ2v) is 11.4. The van der Waals surface area contributed by atoms with Crippen molar-refractivity contribution in [2.75, 3.05) is 13.2 Å². The van der Waals surface area contributed by atoms with Gasteiger partial charge in [0.2, 0.25) is 0 Å². The Morgan fingerprint density at radius 2 is 1.39 bits per heavy atom. The second-order valence-electron chi connectivity index (χ2n) is 10.3. The molecule has 0 saturated carbocycles. The Morgan fingerprint density at radius 1 is 0.826 bits per heavy atom. The van der Waals surface area contributed by atoms with Crippen molar-refractivity contribution in [1.82, 2.24) is 4.57 Å². The van der Waals surface area contributed by atoms with Crippen LogP contribution in [0.3, 0.4) is 0 Å². The molecule has 5 rings (SSSR count). The van der Waals surface area contributed by atoms with E-state index in [0.29, 0.717) is 16.0 Å². The van der Waals surface area contributed by atoms with Crippen LogP contribution in [0.4, 0.5) is 0 Å². The van der Waals surface area contributed by atoms with Crippen LogP contribution in [0.2, 0.25) is 0 Å². The quantitative estimate of drug-likeness (QED) is 0.0830. The maximum absolute atomic E-state index is 13.8. The molecule has 0 radical (unpaired) electrons. The number of nitriles is 1. The molecule has 0 saturated heterocycles. The molecular weight excluding hydrogens is 596 g/mol. The van der Waals surface area contributed by atoms with Gasteiger partial charge >= 0.3 is 11.9 Å². The van der Waals surface area contributed by atoms with Crippen LogP contribution >= 0.6 is 11.3 Å². The van der Waals surface area contributed by atoms with Gasteiger partial charge < -0.3 is 14.0 Å². The molecule has 0 spiro atoms. The van der Waals surface area contributed by atoms with Gasteiger partial charge in [0, 0.05) is 22.5 Å². The Bertz CT molecular complexity index is 1950.